The van der Waals surface area contributed by atoms with E-state index in [1.165, 1.54) is 25.8 Å². The number of hydrogen-bond acceptors (Lipinski definition) is 2. The summed E-state index contributed by atoms with van der Waals surface area (Å²) in [5.74, 6) is 0.674. The monoisotopic (exact) mass is 170 g/mol. The van der Waals surface area contributed by atoms with E-state index in [9.17, 15) is 0 Å². The molecule has 1 unspecified atom stereocenters. The molecule has 2 heteroatoms. The van der Waals surface area contributed by atoms with Gasteiger partial charge in [-0.25, -0.2) is 0 Å². The van der Waals surface area contributed by atoms with Gasteiger partial charge in [0.25, 0.3) is 0 Å². The predicted molar refractivity (Wildman–Crippen MR) is 53.1 cm³/mol. The second kappa shape index (κ2) is 3.75. The summed E-state index contributed by atoms with van der Waals surface area (Å²) < 4.78 is 0. The number of rotatable bonds is 2. The van der Waals surface area contributed by atoms with Crippen molar-refractivity contribution >= 4 is 0 Å². The second-order valence-electron chi connectivity index (χ2n) is 4.34. The Morgan fingerprint density at radius 2 is 2.08 bits per heavy atom. The van der Waals surface area contributed by atoms with Gasteiger partial charge >= 0.3 is 0 Å². The highest BCUT2D eigenvalue weighted by Gasteiger charge is 2.37. The molecule has 2 nitrogen and oxygen atoms in total. The minimum absolute atomic E-state index is 0.290. The van der Waals surface area contributed by atoms with E-state index in [0.29, 0.717) is 5.92 Å². The fourth-order valence-corrected chi connectivity index (χ4v) is 2.42. The number of hydrogen-bond donors (Lipinski definition) is 1. The standard InChI is InChI=1S/C10H22N2/c1-9(2)10(8-11)6-4-5-7-12(10)3/h9H,4-8,11H2,1-3H3. The van der Waals surface area contributed by atoms with Gasteiger partial charge < -0.3 is 5.73 Å². The molecule has 0 saturated carbocycles. The molecule has 1 saturated heterocycles. The van der Waals surface area contributed by atoms with Crippen molar-refractivity contribution in [3.8, 4) is 0 Å². The highest BCUT2D eigenvalue weighted by molar-refractivity contribution is 4.95. The lowest BCUT2D eigenvalue weighted by Crippen LogP contribution is -2.57. The van der Waals surface area contributed by atoms with Crippen LogP contribution in [0.15, 0.2) is 0 Å². The third-order valence-electron chi connectivity index (χ3n) is 3.54. The van der Waals surface area contributed by atoms with E-state index in [1.54, 1.807) is 0 Å². The molecular formula is C10H22N2. The highest BCUT2D eigenvalue weighted by atomic mass is 15.2. The smallest absolute Gasteiger partial charge is 0.0351 e. The molecule has 1 fully saturated rings. The van der Waals surface area contributed by atoms with Crippen molar-refractivity contribution in [2.45, 2.75) is 38.6 Å². The lowest BCUT2D eigenvalue weighted by molar-refractivity contribution is 0.0384. The Hall–Kier alpha value is -0.0800. The zero-order valence-corrected chi connectivity index (χ0v) is 8.64. The predicted octanol–water partition coefficient (Wildman–Crippen LogP) is 1.46. The van der Waals surface area contributed by atoms with Gasteiger partial charge in [-0.3, -0.25) is 4.90 Å². The molecule has 0 aromatic heterocycles. The third kappa shape index (κ3) is 1.50. The molecule has 1 aliphatic heterocycles. The van der Waals surface area contributed by atoms with E-state index in [4.69, 9.17) is 5.73 Å². The molecule has 72 valence electrons. The lowest BCUT2D eigenvalue weighted by atomic mass is 9.78. The molecule has 0 bridgehead atoms. The number of nitrogens with zero attached hydrogens (tertiary/aromatic N) is 1. The zero-order chi connectivity index (χ0) is 9.19. The van der Waals surface area contributed by atoms with Gasteiger partial charge in [0.05, 0.1) is 0 Å². The summed E-state index contributed by atoms with van der Waals surface area (Å²) in [5.41, 5.74) is 6.18. The fourth-order valence-electron chi connectivity index (χ4n) is 2.42. The maximum atomic E-state index is 5.89. The quantitative estimate of drug-likeness (QED) is 0.680. The maximum absolute atomic E-state index is 5.89. The summed E-state index contributed by atoms with van der Waals surface area (Å²) in [4.78, 5) is 2.46. The van der Waals surface area contributed by atoms with Crippen molar-refractivity contribution < 1.29 is 0 Å². The molecule has 0 spiro atoms. The van der Waals surface area contributed by atoms with Crippen LogP contribution in [-0.2, 0) is 0 Å². The first-order valence-corrected chi connectivity index (χ1v) is 5.05. The van der Waals surface area contributed by atoms with Gasteiger partial charge in [-0.2, -0.15) is 0 Å². The minimum atomic E-state index is 0.290. The molecule has 0 aliphatic carbocycles. The van der Waals surface area contributed by atoms with Gasteiger partial charge in [0.1, 0.15) is 0 Å². The number of likely N-dealkylation sites (N-methyl/N-ethyl adjacent to an activating group) is 1. The Kier molecular flexibility index (Phi) is 3.13. The van der Waals surface area contributed by atoms with Crippen LogP contribution in [0.1, 0.15) is 33.1 Å². The van der Waals surface area contributed by atoms with Gasteiger partial charge in [0.2, 0.25) is 0 Å². The molecule has 12 heavy (non-hydrogen) atoms. The van der Waals surface area contributed by atoms with Gasteiger partial charge in [0, 0.05) is 12.1 Å². The van der Waals surface area contributed by atoms with E-state index in [0.717, 1.165) is 6.54 Å². The van der Waals surface area contributed by atoms with Crippen molar-refractivity contribution in [2.75, 3.05) is 20.1 Å². The molecule has 1 aliphatic rings. The van der Waals surface area contributed by atoms with E-state index in [2.05, 4.69) is 25.8 Å². The molecule has 1 heterocycles. The van der Waals surface area contributed by atoms with Gasteiger partial charge in [-0.05, 0) is 32.4 Å². The number of nitrogens with two attached hydrogens (primary N) is 1. The Bertz CT molecular complexity index is 145. The second-order valence-corrected chi connectivity index (χ2v) is 4.34. The van der Waals surface area contributed by atoms with Crippen LogP contribution < -0.4 is 5.73 Å². The van der Waals surface area contributed by atoms with Crippen LogP contribution in [0.5, 0.6) is 0 Å². The van der Waals surface area contributed by atoms with Crippen LogP contribution >= 0.6 is 0 Å². The molecule has 2 N–H and O–H groups in total. The van der Waals surface area contributed by atoms with Crippen LogP contribution in [0.4, 0.5) is 0 Å². The average molecular weight is 170 g/mol. The number of piperidine rings is 1. The molecule has 0 aromatic rings. The summed E-state index contributed by atoms with van der Waals surface area (Å²) in [6, 6.07) is 0. The van der Waals surface area contributed by atoms with Crippen molar-refractivity contribution in [1.82, 2.24) is 4.90 Å². The summed E-state index contributed by atoms with van der Waals surface area (Å²) in [7, 11) is 2.21. The van der Waals surface area contributed by atoms with Gasteiger partial charge in [-0.15, -0.1) is 0 Å². The van der Waals surface area contributed by atoms with Crippen molar-refractivity contribution in [3.05, 3.63) is 0 Å². The molecule has 0 aromatic carbocycles. The normalized spacial score (nSPS) is 32.8. The SMILES string of the molecule is CC(C)C1(CN)CCCCN1C. The topological polar surface area (TPSA) is 29.3 Å². The van der Waals surface area contributed by atoms with Gasteiger partial charge in [-0.1, -0.05) is 20.3 Å². The van der Waals surface area contributed by atoms with Crippen LogP contribution in [0.25, 0.3) is 0 Å². The molecule has 0 radical (unpaired) electrons. The Morgan fingerprint density at radius 3 is 2.42 bits per heavy atom. The van der Waals surface area contributed by atoms with Crippen LogP contribution in [0.3, 0.4) is 0 Å². The fraction of sp³-hybridized carbons (Fsp3) is 1.00. The molecule has 1 rings (SSSR count). The lowest BCUT2D eigenvalue weighted by Gasteiger charge is -2.47. The zero-order valence-electron chi connectivity index (χ0n) is 8.64. The van der Waals surface area contributed by atoms with E-state index in [-0.39, 0.29) is 5.54 Å². The van der Waals surface area contributed by atoms with E-state index in [1.807, 2.05) is 0 Å². The Labute approximate surface area is 76.1 Å². The molecular weight excluding hydrogens is 148 g/mol. The third-order valence-corrected chi connectivity index (χ3v) is 3.54. The highest BCUT2D eigenvalue weighted by Crippen LogP contribution is 2.32. The van der Waals surface area contributed by atoms with Crippen molar-refractivity contribution in [2.24, 2.45) is 11.7 Å². The first-order valence-electron chi connectivity index (χ1n) is 5.05. The summed E-state index contributed by atoms with van der Waals surface area (Å²) in [6.07, 6.45) is 3.96. The molecule has 1 atom stereocenters. The Balaban J connectivity index is 2.73. The molecule has 0 amide bonds. The number of likely N-dealkylation sites (tertiary alicyclic amines) is 1. The average Bonchev–Trinajstić information content (AvgIpc) is 2.05. The van der Waals surface area contributed by atoms with Gasteiger partial charge in [0.15, 0.2) is 0 Å². The largest absolute Gasteiger partial charge is 0.329 e. The Morgan fingerprint density at radius 1 is 1.42 bits per heavy atom. The minimum Gasteiger partial charge on any atom is -0.329 e. The first kappa shape index (κ1) is 10.0. The van der Waals surface area contributed by atoms with E-state index < -0.39 is 0 Å². The van der Waals surface area contributed by atoms with Crippen molar-refractivity contribution in [3.63, 3.8) is 0 Å². The van der Waals surface area contributed by atoms with Crippen LogP contribution in [-0.4, -0.2) is 30.6 Å². The van der Waals surface area contributed by atoms with E-state index >= 15 is 0 Å². The first-order chi connectivity index (χ1) is 5.63. The van der Waals surface area contributed by atoms with Crippen LogP contribution in [0, 0.1) is 5.92 Å². The maximum Gasteiger partial charge on any atom is 0.0351 e. The summed E-state index contributed by atoms with van der Waals surface area (Å²) in [6.45, 7) is 6.60. The van der Waals surface area contributed by atoms with Crippen LogP contribution in [0.2, 0.25) is 0 Å². The summed E-state index contributed by atoms with van der Waals surface area (Å²) >= 11 is 0. The van der Waals surface area contributed by atoms with Crippen molar-refractivity contribution in [1.29, 1.82) is 0 Å². The summed E-state index contributed by atoms with van der Waals surface area (Å²) in [5, 5.41) is 0.